The molecule has 0 aliphatic carbocycles. The molecule has 0 heterocycles. The van der Waals surface area contributed by atoms with Gasteiger partial charge < -0.3 is 10.4 Å². The molecular weight excluding hydrogens is 305 g/mol. The highest BCUT2D eigenvalue weighted by atomic mass is 32.2. The fraction of sp³-hybridized carbons (Fsp3) is 0.250. The number of benzene rings is 2. The lowest BCUT2D eigenvalue weighted by molar-refractivity contribution is 0.319. The minimum Gasteiger partial charge on any atom is -0.395 e. The zero-order valence-corrected chi connectivity index (χ0v) is 13.0. The summed E-state index contributed by atoms with van der Waals surface area (Å²) in [6, 6.07) is 11.0. The van der Waals surface area contributed by atoms with Crippen molar-refractivity contribution in [3.05, 3.63) is 59.4 Å². The van der Waals surface area contributed by atoms with Gasteiger partial charge in [-0.25, -0.2) is 12.8 Å². The Labute approximate surface area is 129 Å². The molecule has 0 atom stereocenters. The van der Waals surface area contributed by atoms with Crippen LogP contribution in [0.3, 0.4) is 0 Å². The summed E-state index contributed by atoms with van der Waals surface area (Å²) in [6.07, 6.45) is 0. The number of halogens is 1. The van der Waals surface area contributed by atoms with E-state index >= 15 is 0 Å². The molecule has 0 spiro atoms. The van der Waals surface area contributed by atoms with Crippen molar-refractivity contribution < 1.29 is 17.9 Å². The highest BCUT2D eigenvalue weighted by Gasteiger charge is 2.14. The second kappa shape index (κ2) is 6.89. The fourth-order valence-corrected chi connectivity index (χ4v) is 3.17. The molecule has 0 aliphatic heterocycles. The lowest BCUT2D eigenvalue weighted by atomic mass is 10.2. The Hall–Kier alpha value is -1.92. The second-order valence-electron chi connectivity index (χ2n) is 5.00. The normalized spacial score (nSPS) is 11.4. The summed E-state index contributed by atoms with van der Waals surface area (Å²) in [5.41, 5.74) is 2.53. The summed E-state index contributed by atoms with van der Waals surface area (Å²) in [5, 5.41) is 12.0. The number of anilines is 1. The van der Waals surface area contributed by atoms with E-state index in [0.29, 0.717) is 6.54 Å². The SMILES string of the molecule is Cc1cc(S(=O)(=O)CCO)ccc1NCc1ccc(F)cc1. The molecule has 6 heteroatoms. The van der Waals surface area contributed by atoms with Crippen LogP contribution in [-0.2, 0) is 16.4 Å². The average molecular weight is 323 g/mol. The molecular formula is C16H18FNO3S. The second-order valence-corrected chi connectivity index (χ2v) is 7.11. The van der Waals surface area contributed by atoms with E-state index < -0.39 is 16.4 Å². The molecule has 0 aliphatic rings. The molecule has 2 aromatic rings. The Morgan fingerprint density at radius 3 is 2.41 bits per heavy atom. The Balaban J connectivity index is 2.11. The number of aliphatic hydroxyl groups is 1. The van der Waals surface area contributed by atoms with E-state index in [4.69, 9.17) is 5.11 Å². The lowest BCUT2D eigenvalue weighted by Gasteiger charge is -2.11. The molecule has 118 valence electrons. The smallest absolute Gasteiger partial charge is 0.180 e. The van der Waals surface area contributed by atoms with E-state index in [9.17, 15) is 12.8 Å². The average Bonchev–Trinajstić information content (AvgIpc) is 2.47. The molecule has 0 fully saturated rings. The summed E-state index contributed by atoms with van der Waals surface area (Å²) < 4.78 is 36.6. The Kier molecular flexibility index (Phi) is 5.15. The lowest BCUT2D eigenvalue weighted by Crippen LogP contribution is -2.10. The zero-order valence-electron chi connectivity index (χ0n) is 12.2. The molecule has 0 radical (unpaired) electrons. The van der Waals surface area contributed by atoms with Crippen molar-refractivity contribution in [3.8, 4) is 0 Å². The van der Waals surface area contributed by atoms with Gasteiger partial charge >= 0.3 is 0 Å². The minimum atomic E-state index is -3.44. The van der Waals surface area contributed by atoms with E-state index in [1.807, 2.05) is 6.92 Å². The van der Waals surface area contributed by atoms with Crippen LogP contribution in [0.4, 0.5) is 10.1 Å². The monoisotopic (exact) mass is 323 g/mol. The van der Waals surface area contributed by atoms with Gasteiger partial charge in [0.1, 0.15) is 5.82 Å². The van der Waals surface area contributed by atoms with Crippen LogP contribution in [0.5, 0.6) is 0 Å². The first-order valence-electron chi connectivity index (χ1n) is 6.85. The minimum absolute atomic E-state index is 0.200. The molecule has 4 nitrogen and oxygen atoms in total. The van der Waals surface area contributed by atoms with Crippen LogP contribution in [0.15, 0.2) is 47.4 Å². The van der Waals surface area contributed by atoms with Crippen molar-refractivity contribution in [2.24, 2.45) is 0 Å². The first kappa shape index (κ1) is 16.5. The molecule has 2 N–H and O–H groups in total. The third kappa shape index (κ3) is 4.05. The number of nitrogens with one attached hydrogen (secondary N) is 1. The summed E-state index contributed by atoms with van der Waals surface area (Å²) in [5.74, 6) is -0.562. The predicted molar refractivity (Wildman–Crippen MR) is 84.0 cm³/mol. The number of sulfone groups is 1. The molecule has 0 saturated heterocycles. The van der Waals surface area contributed by atoms with Gasteiger partial charge in [0, 0.05) is 12.2 Å². The molecule has 0 bridgehead atoms. The molecule has 0 amide bonds. The summed E-state index contributed by atoms with van der Waals surface area (Å²) in [4.78, 5) is 0.200. The first-order chi connectivity index (χ1) is 10.4. The number of aliphatic hydroxyl groups excluding tert-OH is 1. The largest absolute Gasteiger partial charge is 0.395 e. The Morgan fingerprint density at radius 1 is 1.14 bits per heavy atom. The van der Waals surface area contributed by atoms with Crippen LogP contribution < -0.4 is 5.32 Å². The van der Waals surface area contributed by atoms with Crippen molar-refractivity contribution >= 4 is 15.5 Å². The van der Waals surface area contributed by atoms with Gasteiger partial charge in [-0.1, -0.05) is 12.1 Å². The maximum absolute atomic E-state index is 12.8. The molecule has 0 unspecified atom stereocenters. The van der Waals surface area contributed by atoms with Gasteiger partial charge in [-0.3, -0.25) is 0 Å². The Morgan fingerprint density at radius 2 is 1.82 bits per heavy atom. The topological polar surface area (TPSA) is 66.4 Å². The van der Waals surface area contributed by atoms with Crippen molar-refractivity contribution in [1.82, 2.24) is 0 Å². The van der Waals surface area contributed by atoms with Crippen molar-refractivity contribution in [1.29, 1.82) is 0 Å². The number of rotatable bonds is 6. The summed E-state index contributed by atoms with van der Waals surface area (Å²) in [7, 11) is -3.44. The fourth-order valence-electron chi connectivity index (χ4n) is 2.07. The van der Waals surface area contributed by atoms with Gasteiger partial charge in [-0.05, 0) is 48.4 Å². The highest BCUT2D eigenvalue weighted by molar-refractivity contribution is 7.91. The van der Waals surface area contributed by atoms with E-state index in [1.54, 1.807) is 24.3 Å². The third-order valence-electron chi connectivity index (χ3n) is 3.31. The zero-order chi connectivity index (χ0) is 16.2. The number of hydrogen-bond acceptors (Lipinski definition) is 4. The maximum Gasteiger partial charge on any atom is 0.180 e. The third-order valence-corrected chi connectivity index (χ3v) is 5.01. The van der Waals surface area contributed by atoms with Gasteiger partial charge in [-0.2, -0.15) is 0 Å². The predicted octanol–water partition coefficient (Wildman–Crippen LogP) is 2.51. The van der Waals surface area contributed by atoms with Gasteiger partial charge in [-0.15, -0.1) is 0 Å². The summed E-state index contributed by atoms with van der Waals surface area (Å²) >= 11 is 0. The van der Waals surface area contributed by atoms with Crippen molar-refractivity contribution in [3.63, 3.8) is 0 Å². The van der Waals surface area contributed by atoms with Crippen molar-refractivity contribution in [2.45, 2.75) is 18.4 Å². The van der Waals surface area contributed by atoms with Gasteiger partial charge in [0.2, 0.25) is 0 Å². The van der Waals surface area contributed by atoms with Crippen LogP contribution in [0.1, 0.15) is 11.1 Å². The van der Waals surface area contributed by atoms with Crippen LogP contribution >= 0.6 is 0 Å². The quantitative estimate of drug-likeness (QED) is 0.857. The molecule has 0 saturated carbocycles. The molecule has 2 aromatic carbocycles. The van der Waals surface area contributed by atoms with Crippen molar-refractivity contribution in [2.75, 3.05) is 17.7 Å². The van der Waals surface area contributed by atoms with Gasteiger partial charge in [0.15, 0.2) is 9.84 Å². The standard InChI is InChI=1S/C16H18FNO3S/c1-12-10-15(22(20,21)9-8-19)6-7-16(12)18-11-13-2-4-14(17)5-3-13/h2-7,10,18-19H,8-9,11H2,1H3. The van der Waals surface area contributed by atoms with Gasteiger partial charge in [0.25, 0.3) is 0 Å². The van der Waals surface area contributed by atoms with E-state index in [0.717, 1.165) is 16.8 Å². The Bertz CT molecular complexity index is 742. The first-order valence-corrected chi connectivity index (χ1v) is 8.50. The number of hydrogen-bond donors (Lipinski definition) is 2. The van der Waals surface area contributed by atoms with Gasteiger partial charge in [0.05, 0.1) is 17.3 Å². The van der Waals surface area contributed by atoms with E-state index in [2.05, 4.69) is 5.32 Å². The maximum atomic E-state index is 12.8. The summed E-state index contributed by atoms with van der Waals surface area (Å²) in [6.45, 7) is 1.93. The molecule has 0 aromatic heterocycles. The van der Waals surface area contributed by atoms with E-state index in [1.165, 1.54) is 18.2 Å². The van der Waals surface area contributed by atoms with Crippen LogP contribution in [0, 0.1) is 12.7 Å². The molecule has 2 rings (SSSR count). The van der Waals surface area contributed by atoms with Crippen LogP contribution in [0.25, 0.3) is 0 Å². The number of aryl methyl sites for hydroxylation is 1. The highest BCUT2D eigenvalue weighted by Crippen LogP contribution is 2.21. The van der Waals surface area contributed by atoms with Crippen LogP contribution in [0.2, 0.25) is 0 Å². The van der Waals surface area contributed by atoms with Crippen LogP contribution in [-0.4, -0.2) is 25.9 Å². The molecule has 22 heavy (non-hydrogen) atoms. The van der Waals surface area contributed by atoms with E-state index in [-0.39, 0.29) is 16.5 Å².